The first-order valence-electron chi connectivity index (χ1n) is 11.4. The van der Waals surface area contributed by atoms with Gasteiger partial charge in [0.2, 0.25) is 5.91 Å². The molecule has 0 unspecified atom stereocenters. The molecule has 174 valence electrons. The van der Waals surface area contributed by atoms with Crippen molar-refractivity contribution in [3.63, 3.8) is 0 Å². The van der Waals surface area contributed by atoms with Gasteiger partial charge in [0.25, 0.3) is 0 Å². The molecule has 1 saturated heterocycles. The summed E-state index contributed by atoms with van der Waals surface area (Å²) in [5, 5.41) is 0. The molecule has 0 aliphatic carbocycles. The lowest BCUT2D eigenvalue weighted by Gasteiger charge is -2.18. The van der Waals surface area contributed by atoms with Gasteiger partial charge in [-0.1, -0.05) is 36.4 Å². The lowest BCUT2D eigenvalue weighted by molar-refractivity contribution is -0.117. The van der Waals surface area contributed by atoms with Crippen molar-refractivity contribution in [2.24, 2.45) is 0 Å². The molecule has 0 spiro atoms. The zero-order valence-electron chi connectivity index (χ0n) is 19.0. The van der Waals surface area contributed by atoms with E-state index in [0.717, 1.165) is 23.3 Å². The number of carbonyl (C=O) groups is 1. The summed E-state index contributed by atoms with van der Waals surface area (Å²) in [6, 6.07) is 21.9. The summed E-state index contributed by atoms with van der Waals surface area (Å²) in [6.07, 6.45) is 1.05. The highest BCUT2D eigenvalue weighted by Crippen LogP contribution is 2.34. The second-order valence-corrected chi connectivity index (χ2v) is 8.32. The van der Waals surface area contributed by atoms with Gasteiger partial charge >= 0.3 is 0 Å². The second kappa shape index (κ2) is 9.55. The van der Waals surface area contributed by atoms with Crippen LogP contribution in [0, 0.1) is 5.82 Å². The molecule has 1 aromatic heterocycles. The van der Waals surface area contributed by atoms with Crippen molar-refractivity contribution in [2.45, 2.75) is 25.3 Å². The molecule has 1 fully saturated rings. The fourth-order valence-electron chi connectivity index (χ4n) is 4.57. The average molecular weight is 460 g/mol. The molecule has 1 aliphatic heterocycles. The average Bonchev–Trinajstić information content (AvgIpc) is 3.43. The van der Waals surface area contributed by atoms with Crippen LogP contribution < -0.4 is 14.4 Å². The number of halogens is 1. The number of benzene rings is 3. The van der Waals surface area contributed by atoms with Crippen LogP contribution in [0.2, 0.25) is 0 Å². The molecule has 3 aromatic carbocycles. The Kier molecular flexibility index (Phi) is 6.16. The zero-order chi connectivity index (χ0) is 23.5. The Morgan fingerprint density at radius 2 is 1.74 bits per heavy atom. The van der Waals surface area contributed by atoms with E-state index in [2.05, 4.69) is 4.57 Å². The standard InChI is InChI=1S/C27H26FN3O3/c1-33-24-13-6-7-14-25(24)34-16-8-15-30-23-12-5-3-10-21(23)29-27(30)19-17-26(32)31(18-19)22-11-4-2-9-20(22)28/h2-7,9-14,19H,8,15-18H2,1H3/t19-/m0/s1. The number of para-hydroxylation sites is 5. The number of amides is 1. The molecule has 0 N–H and O–H groups in total. The minimum Gasteiger partial charge on any atom is -0.493 e. The fourth-order valence-corrected chi connectivity index (χ4v) is 4.57. The van der Waals surface area contributed by atoms with Crippen LogP contribution in [0.25, 0.3) is 11.0 Å². The number of methoxy groups -OCH3 is 1. The fraction of sp³-hybridized carbons (Fsp3) is 0.259. The van der Waals surface area contributed by atoms with E-state index in [1.54, 1.807) is 25.3 Å². The smallest absolute Gasteiger partial charge is 0.227 e. The summed E-state index contributed by atoms with van der Waals surface area (Å²) in [7, 11) is 1.62. The summed E-state index contributed by atoms with van der Waals surface area (Å²) in [4.78, 5) is 19.2. The highest BCUT2D eigenvalue weighted by molar-refractivity contribution is 5.96. The number of ether oxygens (including phenoxy) is 2. The van der Waals surface area contributed by atoms with E-state index in [1.807, 2.05) is 48.5 Å². The Bertz CT molecular complexity index is 1320. The molecule has 4 aromatic rings. The van der Waals surface area contributed by atoms with Crippen molar-refractivity contribution >= 4 is 22.6 Å². The monoisotopic (exact) mass is 459 g/mol. The Balaban J connectivity index is 1.35. The SMILES string of the molecule is COc1ccccc1OCCCn1c([C@H]2CC(=O)N(c3ccccc3F)C2)nc2ccccc21. The normalized spacial score (nSPS) is 15.8. The van der Waals surface area contributed by atoms with Gasteiger partial charge in [0.1, 0.15) is 11.6 Å². The van der Waals surface area contributed by atoms with Crippen LogP contribution in [-0.4, -0.2) is 35.7 Å². The van der Waals surface area contributed by atoms with Gasteiger partial charge in [-0.2, -0.15) is 0 Å². The molecule has 1 amide bonds. The largest absolute Gasteiger partial charge is 0.493 e. The Hall–Kier alpha value is -3.87. The third kappa shape index (κ3) is 4.21. The summed E-state index contributed by atoms with van der Waals surface area (Å²) >= 11 is 0. The number of carbonyl (C=O) groups excluding carboxylic acids is 1. The van der Waals surface area contributed by atoms with E-state index < -0.39 is 5.82 Å². The maximum atomic E-state index is 14.4. The summed E-state index contributed by atoms with van der Waals surface area (Å²) in [6.45, 7) is 1.60. The summed E-state index contributed by atoms with van der Waals surface area (Å²) in [5.74, 6) is 1.67. The van der Waals surface area contributed by atoms with E-state index in [0.29, 0.717) is 43.3 Å². The van der Waals surface area contributed by atoms with E-state index >= 15 is 0 Å². The van der Waals surface area contributed by atoms with Crippen LogP contribution in [0.15, 0.2) is 72.8 Å². The molecule has 0 bridgehead atoms. The number of aryl methyl sites for hydroxylation is 1. The lowest BCUT2D eigenvalue weighted by Crippen LogP contribution is -2.25. The molecule has 0 radical (unpaired) electrons. The van der Waals surface area contributed by atoms with Crippen molar-refractivity contribution in [3.8, 4) is 11.5 Å². The summed E-state index contributed by atoms with van der Waals surface area (Å²) < 4.78 is 27.8. The number of anilines is 1. The third-order valence-electron chi connectivity index (χ3n) is 6.17. The van der Waals surface area contributed by atoms with Gasteiger partial charge in [0, 0.05) is 25.4 Å². The van der Waals surface area contributed by atoms with Gasteiger partial charge in [0.05, 0.1) is 30.4 Å². The molecule has 1 aliphatic rings. The van der Waals surface area contributed by atoms with Crippen LogP contribution in [0.5, 0.6) is 11.5 Å². The quantitative estimate of drug-likeness (QED) is 0.341. The minimum absolute atomic E-state index is 0.0896. The molecule has 6 nitrogen and oxygen atoms in total. The summed E-state index contributed by atoms with van der Waals surface area (Å²) in [5.41, 5.74) is 2.23. The van der Waals surface area contributed by atoms with Gasteiger partial charge < -0.3 is 18.9 Å². The molecule has 1 atom stereocenters. The van der Waals surface area contributed by atoms with Gasteiger partial charge in [-0.15, -0.1) is 0 Å². The topological polar surface area (TPSA) is 56.6 Å². The van der Waals surface area contributed by atoms with Crippen LogP contribution in [-0.2, 0) is 11.3 Å². The first-order chi connectivity index (χ1) is 16.7. The van der Waals surface area contributed by atoms with Crippen molar-refractivity contribution in [1.82, 2.24) is 9.55 Å². The number of hydrogen-bond acceptors (Lipinski definition) is 4. The van der Waals surface area contributed by atoms with Crippen molar-refractivity contribution in [1.29, 1.82) is 0 Å². The molecular weight excluding hydrogens is 433 g/mol. The maximum Gasteiger partial charge on any atom is 0.227 e. The van der Waals surface area contributed by atoms with E-state index in [-0.39, 0.29) is 11.8 Å². The molecule has 34 heavy (non-hydrogen) atoms. The van der Waals surface area contributed by atoms with E-state index in [4.69, 9.17) is 14.5 Å². The number of nitrogens with zero attached hydrogens (tertiary/aromatic N) is 3. The second-order valence-electron chi connectivity index (χ2n) is 8.32. The Morgan fingerprint density at radius 3 is 2.56 bits per heavy atom. The molecular formula is C27H26FN3O3. The number of imidazole rings is 1. The van der Waals surface area contributed by atoms with Gasteiger partial charge in [-0.3, -0.25) is 4.79 Å². The minimum atomic E-state index is -0.390. The van der Waals surface area contributed by atoms with Crippen LogP contribution >= 0.6 is 0 Å². The van der Waals surface area contributed by atoms with Crippen LogP contribution in [0.4, 0.5) is 10.1 Å². The van der Waals surface area contributed by atoms with Gasteiger partial charge in [-0.25, -0.2) is 9.37 Å². The first kappa shape index (κ1) is 21.9. The number of aromatic nitrogens is 2. The highest BCUT2D eigenvalue weighted by Gasteiger charge is 2.35. The van der Waals surface area contributed by atoms with Crippen molar-refractivity contribution < 1.29 is 18.7 Å². The number of fused-ring (bicyclic) bond motifs is 1. The Labute approximate surface area is 197 Å². The van der Waals surface area contributed by atoms with E-state index in [9.17, 15) is 9.18 Å². The lowest BCUT2D eigenvalue weighted by atomic mass is 10.1. The van der Waals surface area contributed by atoms with Crippen LogP contribution in [0.3, 0.4) is 0 Å². The molecule has 0 saturated carbocycles. The molecule has 5 rings (SSSR count). The number of rotatable bonds is 8. The highest BCUT2D eigenvalue weighted by atomic mass is 19.1. The van der Waals surface area contributed by atoms with E-state index in [1.165, 1.54) is 11.0 Å². The molecule has 2 heterocycles. The maximum absolute atomic E-state index is 14.4. The Morgan fingerprint density at radius 1 is 1.00 bits per heavy atom. The van der Waals surface area contributed by atoms with Gasteiger partial charge in [-0.05, 0) is 42.8 Å². The number of hydrogen-bond donors (Lipinski definition) is 0. The third-order valence-corrected chi connectivity index (χ3v) is 6.17. The predicted molar refractivity (Wildman–Crippen MR) is 129 cm³/mol. The van der Waals surface area contributed by atoms with Crippen LogP contribution in [0.1, 0.15) is 24.6 Å². The molecule has 7 heteroatoms. The van der Waals surface area contributed by atoms with Gasteiger partial charge in [0.15, 0.2) is 11.5 Å². The predicted octanol–water partition coefficient (Wildman–Crippen LogP) is 5.17. The zero-order valence-corrected chi connectivity index (χ0v) is 19.0. The van der Waals surface area contributed by atoms with Crippen molar-refractivity contribution in [3.05, 3.63) is 84.4 Å². The first-order valence-corrected chi connectivity index (χ1v) is 11.4. The van der Waals surface area contributed by atoms with Crippen molar-refractivity contribution in [2.75, 3.05) is 25.2 Å².